The van der Waals surface area contributed by atoms with Gasteiger partial charge in [-0.25, -0.2) is 4.79 Å². The van der Waals surface area contributed by atoms with Crippen LogP contribution in [0.4, 0.5) is 0 Å². The van der Waals surface area contributed by atoms with Crippen LogP contribution in [0, 0.1) is 6.92 Å². The highest BCUT2D eigenvalue weighted by Gasteiger charge is 2.23. The second-order valence-electron chi connectivity index (χ2n) is 10.8. The standard InChI is InChI=1S/C33H37N3O6/c1-6-39-32(38)28-19-27(35-36-28)26-14-13-24(40-21-23-11-9-17-34-20-23)18-30(26)41-29(25-12-8-7-10-22(25)2)15-16-31(37)42-33(3,4)5/h7-14,17-20,29H,6,15-16,21H2,1-5H3,(H,35,36)/t29-/m1/s1. The quantitative estimate of drug-likeness (QED) is 0.185. The Morgan fingerprint density at radius 3 is 2.55 bits per heavy atom. The van der Waals surface area contributed by atoms with Crippen LogP contribution in [-0.2, 0) is 20.9 Å². The number of pyridine rings is 1. The molecule has 9 heteroatoms. The summed E-state index contributed by atoms with van der Waals surface area (Å²) < 4.78 is 23.4. The van der Waals surface area contributed by atoms with E-state index >= 15 is 0 Å². The predicted molar refractivity (Wildman–Crippen MR) is 158 cm³/mol. The minimum Gasteiger partial charge on any atom is -0.489 e. The van der Waals surface area contributed by atoms with Crippen molar-refractivity contribution in [1.29, 1.82) is 0 Å². The summed E-state index contributed by atoms with van der Waals surface area (Å²) in [5.74, 6) is 0.266. The molecule has 1 N–H and O–H groups in total. The van der Waals surface area contributed by atoms with E-state index < -0.39 is 17.7 Å². The molecule has 0 spiro atoms. The number of hydrogen-bond acceptors (Lipinski definition) is 8. The van der Waals surface area contributed by atoms with Crippen molar-refractivity contribution in [2.24, 2.45) is 0 Å². The first kappa shape index (κ1) is 30.3. The van der Waals surface area contributed by atoms with Crippen LogP contribution in [0.25, 0.3) is 11.3 Å². The monoisotopic (exact) mass is 571 g/mol. The number of esters is 2. The number of ether oxygens (including phenoxy) is 4. The van der Waals surface area contributed by atoms with Gasteiger partial charge in [0.25, 0.3) is 0 Å². The molecule has 0 aliphatic carbocycles. The maximum absolute atomic E-state index is 12.7. The number of aryl methyl sites for hydroxylation is 1. The van der Waals surface area contributed by atoms with Crippen molar-refractivity contribution in [2.45, 2.75) is 65.8 Å². The van der Waals surface area contributed by atoms with Gasteiger partial charge in [-0.1, -0.05) is 30.3 Å². The van der Waals surface area contributed by atoms with Crippen LogP contribution < -0.4 is 9.47 Å². The fourth-order valence-electron chi connectivity index (χ4n) is 4.35. The summed E-state index contributed by atoms with van der Waals surface area (Å²) in [6.07, 6.45) is 3.53. The molecule has 9 nitrogen and oxygen atoms in total. The van der Waals surface area contributed by atoms with Crippen LogP contribution in [0.1, 0.15) is 73.8 Å². The molecule has 42 heavy (non-hydrogen) atoms. The maximum atomic E-state index is 12.7. The van der Waals surface area contributed by atoms with Crippen molar-refractivity contribution in [2.75, 3.05) is 6.61 Å². The van der Waals surface area contributed by atoms with E-state index in [9.17, 15) is 9.59 Å². The van der Waals surface area contributed by atoms with Gasteiger partial charge in [-0.15, -0.1) is 0 Å². The Kier molecular flexibility index (Phi) is 9.96. The van der Waals surface area contributed by atoms with E-state index in [2.05, 4.69) is 15.2 Å². The summed E-state index contributed by atoms with van der Waals surface area (Å²) >= 11 is 0. The molecule has 0 aliphatic heterocycles. The number of nitrogens with one attached hydrogen (secondary N) is 1. The molecule has 2 aromatic carbocycles. The van der Waals surface area contributed by atoms with Gasteiger partial charge in [-0.3, -0.25) is 14.9 Å². The molecule has 220 valence electrons. The van der Waals surface area contributed by atoms with Crippen LogP contribution in [0.5, 0.6) is 11.5 Å². The van der Waals surface area contributed by atoms with Gasteiger partial charge in [0.15, 0.2) is 0 Å². The Morgan fingerprint density at radius 1 is 1.02 bits per heavy atom. The molecule has 1 atom stereocenters. The lowest BCUT2D eigenvalue weighted by molar-refractivity contribution is -0.155. The van der Waals surface area contributed by atoms with Gasteiger partial charge in [0.2, 0.25) is 0 Å². The predicted octanol–water partition coefficient (Wildman–Crippen LogP) is 6.78. The number of hydrogen-bond donors (Lipinski definition) is 1. The van der Waals surface area contributed by atoms with Gasteiger partial charge in [-0.05, 0) is 76.4 Å². The Morgan fingerprint density at radius 2 is 1.83 bits per heavy atom. The van der Waals surface area contributed by atoms with Crippen molar-refractivity contribution in [3.63, 3.8) is 0 Å². The minimum atomic E-state index is -0.584. The first-order chi connectivity index (χ1) is 20.1. The van der Waals surface area contributed by atoms with E-state index in [0.717, 1.165) is 16.7 Å². The zero-order chi connectivity index (χ0) is 30.1. The van der Waals surface area contributed by atoms with Crippen molar-refractivity contribution >= 4 is 11.9 Å². The summed E-state index contributed by atoms with van der Waals surface area (Å²) in [5.41, 5.74) is 3.69. The summed E-state index contributed by atoms with van der Waals surface area (Å²) in [5, 5.41) is 7.11. The molecule has 0 amide bonds. The number of aromatic amines is 1. The van der Waals surface area contributed by atoms with Gasteiger partial charge in [-0.2, -0.15) is 5.10 Å². The van der Waals surface area contributed by atoms with Crippen molar-refractivity contribution in [1.82, 2.24) is 15.2 Å². The Balaban J connectivity index is 1.68. The molecular formula is C33H37N3O6. The highest BCUT2D eigenvalue weighted by atomic mass is 16.6. The molecule has 4 aromatic rings. The van der Waals surface area contributed by atoms with E-state index in [1.54, 1.807) is 31.5 Å². The fraction of sp³-hybridized carbons (Fsp3) is 0.333. The highest BCUT2D eigenvalue weighted by Crippen LogP contribution is 2.38. The second kappa shape index (κ2) is 13.8. The lowest BCUT2D eigenvalue weighted by Crippen LogP contribution is -2.24. The average molecular weight is 572 g/mol. The third kappa shape index (κ3) is 8.42. The van der Waals surface area contributed by atoms with Gasteiger partial charge in [0.05, 0.1) is 12.3 Å². The number of aromatic nitrogens is 3. The lowest BCUT2D eigenvalue weighted by Gasteiger charge is -2.24. The summed E-state index contributed by atoms with van der Waals surface area (Å²) in [6, 6.07) is 18.8. The number of benzene rings is 2. The molecule has 0 unspecified atom stereocenters. The normalized spacial score (nSPS) is 11.9. The largest absolute Gasteiger partial charge is 0.489 e. The lowest BCUT2D eigenvalue weighted by atomic mass is 9.99. The number of carbonyl (C=O) groups excluding carboxylic acids is 2. The van der Waals surface area contributed by atoms with Crippen LogP contribution >= 0.6 is 0 Å². The van der Waals surface area contributed by atoms with Crippen molar-refractivity contribution < 1.29 is 28.5 Å². The Hall–Kier alpha value is -4.66. The molecule has 0 bridgehead atoms. The zero-order valence-corrected chi connectivity index (χ0v) is 24.7. The fourth-order valence-corrected chi connectivity index (χ4v) is 4.35. The van der Waals surface area contributed by atoms with Gasteiger partial charge in [0, 0.05) is 36.0 Å². The molecule has 0 saturated carbocycles. The molecule has 0 radical (unpaired) electrons. The molecule has 0 fully saturated rings. The third-order valence-electron chi connectivity index (χ3n) is 6.27. The SMILES string of the molecule is CCOC(=O)c1cc(-c2ccc(OCc3cccnc3)cc2O[C@H](CCC(=O)OC(C)(C)C)c2ccccc2C)n[nH]1. The number of carbonyl (C=O) groups is 2. The Bertz CT molecular complexity index is 1490. The topological polar surface area (TPSA) is 113 Å². The highest BCUT2D eigenvalue weighted by molar-refractivity contribution is 5.89. The number of rotatable bonds is 12. The third-order valence-corrected chi connectivity index (χ3v) is 6.27. The molecule has 2 heterocycles. The van der Waals surface area contributed by atoms with E-state index in [0.29, 0.717) is 35.8 Å². The van der Waals surface area contributed by atoms with Gasteiger partial charge < -0.3 is 18.9 Å². The Labute approximate surface area is 246 Å². The average Bonchev–Trinajstić information content (AvgIpc) is 3.45. The molecular weight excluding hydrogens is 534 g/mol. The zero-order valence-electron chi connectivity index (χ0n) is 24.7. The van der Waals surface area contributed by atoms with Gasteiger partial charge >= 0.3 is 11.9 Å². The first-order valence-electron chi connectivity index (χ1n) is 14.0. The maximum Gasteiger partial charge on any atom is 0.356 e. The molecule has 0 saturated heterocycles. The van der Waals surface area contributed by atoms with Crippen molar-refractivity contribution in [3.8, 4) is 22.8 Å². The summed E-state index contributed by atoms with van der Waals surface area (Å²) in [7, 11) is 0. The summed E-state index contributed by atoms with van der Waals surface area (Å²) in [6.45, 7) is 9.86. The van der Waals surface area contributed by atoms with E-state index in [4.69, 9.17) is 18.9 Å². The van der Waals surface area contributed by atoms with Crippen LogP contribution in [0.2, 0.25) is 0 Å². The number of nitrogens with zero attached hydrogens (tertiary/aromatic N) is 2. The van der Waals surface area contributed by atoms with Gasteiger partial charge in [0.1, 0.15) is 35.5 Å². The molecule has 0 aliphatic rings. The second-order valence-corrected chi connectivity index (χ2v) is 10.8. The van der Waals surface area contributed by atoms with Crippen molar-refractivity contribution in [3.05, 3.63) is 95.4 Å². The minimum absolute atomic E-state index is 0.165. The van der Waals surface area contributed by atoms with Crippen LogP contribution in [0.3, 0.4) is 0 Å². The first-order valence-corrected chi connectivity index (χ1v) is 14.0. The van der Waals surface area contributed by atoms with E-state index in [1.807, 2.05) is 76.2 Å². The smallest absolute Gasteiger partial charge is 0.356 e. The molecule has 2 aromatic heterocycles. The van der Waals surface area contributed by atoms with E-state index in [-0.39, 0.29) is 24.7 Å². The molecule has 4 rings (SSSR count). The van der Waals surface area contributed by atoms with Crippen LogP contribution in [-0.4, -0.2) is 39.3 Å². The van der Waals surface area contributed by atoms with Crippen LogP contribution in [0.15, 0.2) is 73.1 Å². The van der Waals surface area contributed by atoms with E-state index in [1.165, 1.54) is 0 Å². The summed E-state index contributed by atoms with van der Waals surface area (Å²) in [4.78, 5) is 29.1. The number of H-pyrrole nitrogens is 1.